The van der Waals surface area contributed by atoms with E-state index in [2.05, 4.69) is 0 Å². The predicted molar refractivity (Wildman–Crippen MR) is 106 cm³/mol. The Hall–Kier alpha value is -3.38. The van der Waals surface area contributed by atoms with Crippen molar-refractivity contribution in [2.24, 2.45) is 0 Å². The second-order valence-corrected chi connectivity index (χ2v) is 7.48. The number of carbonyl (C=O) groups excluding carboxylic acids is 2. The minimum Gasteiger partial charge on any atom is -0.454 e. The Morgan fingerprint density at radius 1 is 0.929 bits per heavy atom. The Kier molecular flexibility index (Phi) is 3.98. The molecule has 2 aliphatic heterocycles. The SMILES string of the molecule is O=C1/C(=C\c2cccs2)c2ccccc2C(=O)N1Cc1ccc2c(c1)OCO2. The second-order valence-electron chi connectivity index (χ2n) is 6.50. The summed E-state index contributed by atoms with van der Waals surface area (Å²) in [6, 6.07) is 16.6. The van der Waals surface area contributed by atoms with Crippen LogP contribution in [0.3, 0.4) is 0 Å². The van der Waals surface area contributed by atoms with Crippen molar-refractivity contribution in [3.05, 3.63) is 81.5 Å². The van der Waals surface area contributed by atoms with E-state index in [1.807, 2.05) is 53.9 Å². The molecule has 0 saturated heterocycles. The van der Waals surface area contributed by atoms with Crippen molar-refractivity contribution in [2.45, 2.75) is 6.54 Å². The van der Waals surface area contributed by atoms with Crippen LogP contribution in [0.4, 0.5) is 0 Å². The highest BCUT2D eigenvalue weighted by molar-refractivity contribution is 7.11. The minimum atomic E-state index is -0.297. The molecule has 0 radical (unpaired) electrons. The van der Waals surface area contributed by atoms with E-state index in [0.29, 0.717) is 28.2 Å². The fraction of sp³-hybridized carbons (Fsp3) is 0.0909. The van der Waals surface area contributed by atoms with E-state index in [-0.39, 0.29) is 25.2 Å². The lowest BCUT2D eigenvalue weighted by molar-refractivity contribution is -0.123. The summed E-state index contributed by atoms with van der Waals surface area (Å²) >= 11 is 1.55. The first kappa shape index (κ1) is 16.8. The van der Waals surface area contributed by atoms with Crippen LogP contribution in [-0.4, -0.2) is 23.5 Å². The smallest absolute Gasteiger partial charge is 0.261 e. The molecule has 0 spiro atoms. The van der Waals surface area contributed by atoms with Gasteiger partial charge in [-0.3, -0.25) is 14.5 Å². The van der Waals surface area contributed by atoms with Gasteiger partial charge >= 0.3 is 0 Å². The fourth-order valence-corrected chi connectivity index (χ4v) is 4.08. The van der Waals surface area contributed by atoms with Crippen LogP contribution in [-0.2, 0) is 11.3 Å². The van der Waals surface area contributed by atoms with Gasteiger partial charge in [-0.1, -0.05) is 30.3 Å². The van der Waals surface area contributed by atoms with Gasteiger partial charge in [0.2, 0.25) is 6.79 Å². The molecule has 0 bridgehead atoms. The van der Waals surface area contributed by atoms with E-state index in [1.54, 1.807) is 23.5 Å². The van der Waals surface area contributed by atoms with Gasteiger partial charge in [-0.2, -0.15) is 0 Å². The Morgan fingerprint density at radius 2 is 1.75 bits per heavy atom. The number of fused-ring (bicyclic) bond motifs is 2. The third kappa shape index (κ3) is 2.78. The van der Waals surface area contributed by atoms with Crippen LogP contribution >= 0.6 is 11.3 Å². The molecular weight excluding hydrogens is 374 g/mol. The Morgan fingerprint density at radius 3 is 2.57 bits per heavy atom. The molecule has 2 aliphatic rings. The summed E-state index contributed by atoms with van der Waals surface area (Å²) in [7, 11) is 0. The molecular formula is C22H15NO4S. The molecule has 3 aromatic rings. The monoisotopic (exact) mass is 389 g/mol. The average Bonchev–Trinajstić information content (AvgIpc) is 3.40. The summed E-state index contributed by atoms with van der Waals surface area (Å²) in [6.45, 7) is 0.353. The van der Waals surface area contributed by atoms with E-state index < -0.39 is 0 Å². The number of nitrogens with zero attached hydrogens (tertiary/aromatic N) is 1. The molecule has 3 heterocycles. The predicted octanol–water partition coefficient (Wildman–Crippen LogP) is 4.20. The molecule has 6 heteroatoms. The molecule has 0 fully saturated rings. The molecule has 2 amide bonds. The van der Waals surface area contributed by atoms with Crippen LogP contribution in [0.1, 0.15) is 26.4 Å². The maximum atomic E-state index is 13.2. The van der Waals surface area contributed by atoms with Gasteiger partial charge in [0.25, 0.3) is 11.8 Å². The number of thiophene rings is 1. The lowest BCUT2D eigenvalue weighted by Crippen LogP contribution is -2.41. The summed E-state index contributed by atoms with van der Waals surface area (Å²) in [4.78, 5) is 28.5. The molecule has 138 valence electrons. The topological polar surface area (TPSA) is 55.8 Å². The Bertz CT molecular complexity index is 1120. The van der Waals surface area contributed by atoms with Crippen LogP contribution < -0.4 is 9.47 Å². The van der Waals surface area contributed by atoms with Gasteiger partial charge in [0.15, 0.2) is 11.5 Å². The van der Waals surface area contributed by atoms with Crippen molar-refractivity contribution in [1.29, 1.82) is 0 Å². The fourth-order valence-electron chi connectivity index (χ4n) is 3.42. The summed E-state index contributed by atoms with van der Waals surface area (Å²) in [6.07, 6.45) is 1.85. The molecule has 0 saturated carbocycles. The number of benzene rings is 2. The molecule has 5 nitrogen and oxygen atoms in total. The van der Waals surface area contributed by atoms with Gasteiger partial charge in [0, 0.05) is 16.0 Å². The van der Waals surface area contributed by atoms with Crippen molar-refractivity contribution < 1.29 is 19.1 Å². The molecule has 0 aliphatic carbocycles. The van der Waals surface area contributed by atoms with E-state index in [0.717, 1.165) is 10.4 Å². The summed E-state index contributed by atoms with van der Waals surface area (Å²) in [5, 5.41) is 1.96. The molecule has 5 rings (SSSR count). The van der Waals surface area contributed by atoms with Gasteiger partial charge < -0.3 is 9.47 Å². The van der Waals surface area contributed by atoms with Gasteiger partial charge in [-0.25, -0.2) is 0 Å². The normalized spacial score (nSPS) is 16.6. The summed E-state index contributed by atoms with van der Waals surface area (Å²) in [5.41, 5.74) is 2.54. The van der Waals surface area contributed by atoms with Crippen molar-refractivity contribution in [3.63, 3.8) is 0 Å². The number of hydrogen-bond acceptors (Lipinski definition) is 5. The van der Waals surface area contributed by atoms with E-state index in [9.17, 15) is 9.59 Å². The van der Waals surface area contributed by atoms with Crippen LogP contribution in [0.25, 0.3) is 11.6 Å². The van der Waals surface area contributed by atoms with E-state index >= 15 is 0 Å². The maximum absolute atomic E-state index is 13.2. The quantitative estimate of drug-likeness (QED) is 0.498. The zero-order valence-corrected chi connectivity index (χ0v) is 15.6. The van der Waals surface area contributed by atoms with Crippen molar-refractivity contribution >= 4 is 34.8 Å². The maximum Gasteiger partial charge on any atom is 0.261 e. The summed E-state index contributed by atoms with van der Waals surface area (Å²) < 4.78 is 10.7. The molecule has 1 aromatic heterocycles. The lowest BCUT2D eigenvalue weighted by atomic mass is 9.92. The van der Waals surface area contributed by atoms with Crippen LogP contribution in [0, 0.1) is 0 Å². The average molecular weight is 389 g/mol. The molecule has 0 N–H and O–H groups in total. The highest BCUT2D eigenvalue weighted by Crippen LogP contribution is 2.35. The zero-order chi connectivity index (χ0) is 19.1. The highest BCUT2D eigenvalue weighted by atomic mass is 32.1. The zero-order valence-electron chi connectivity index (χ0n) is 14.8. The molecule has 28 heavy (non-hydrogen) atoms. The molecule has 0 unspecified atom stereocenters. The third-order valence-corrected chi connectivity index (χ3v) is 5.60. The highest BCUT2D eigenvalue weighted by Gasteiger charge is 2.34. The number of carbonyl (C=O) groups is 2. The number of rotatable bonds is 3. The van der Waals surface area contributed by atoms with Gasteiger partial charge in [0.05, 0.1) is 6.54 Å². The van der Waals surface area contributed by atoms with Gasteiger partial charge in [-0.05, 0) is 46.8 Å². The minimum absolute atomic E-state index is 0.171. The van der Waals surface area contributed by atoms with E-state index in [4.69, 9.17) is 9.47 Å². The first-order valence-electron chi connectivity index (χ1n) is 8.80. The summed E-state index contributed by atoms with van der Waals surface area (Å²) in [5.74, 6) is 0.712. The Labute approximate surface area is 165 Å². The lowest BCUT2D eigenvalue weighted by Gasteiger charge is -2.28. The third-order valence-electron chi connectivity index (χ3n) is 4.78. The first-order chi connectivity index (χ1) is 13.7. The number of ether oxygens (including phenoxy) is 2. The molecule has 2 aromatic carbocycles. The largest absolute Gasteiger partial charge is 0.454 e. The van der Waals surface area contributed by atoms with Crippen molar-refractivity contribution in [1.82, 2.24) is 4.90 Å². The molecule has 0 atom stereocenters. The van der Waals surface area contributed by atoms with Crippen molar-refractivity contribution in [2.75, 3.05) is 6.79 Å². The van der Waals surface area contributed by atoms with Crippen LogP contribution in [0.2, 0.25) is 0 Å². The number of amides is 2. The second kappa shape index (κ2) is 6.65. The number of hydrogen-bond donors (Lipinski definition) is 0. The van der Waals surface area contributed by atoms with E-state index in [1.165, 1.54) is 4.90 Å². The van der Waals surface area contributed by atoms with Gasteiger partial charge in [-0.15, -0.1) is 11.3 Å². The van der Waals surface area contributed by atoms with Crippen LogP contribution in [0.15, 0.2) is 60.0 Å². The number of imide groups is 1. The standard InChI is InChI=1S/C22H15NO4S/c24-21-17-6-2-1-5-16(17)18(11-15-4-3-9-28-15)22(25)23(21)12-14-7-8-19-20(10-14)27-13-26-19/h1-11H,12-13H2/b18-11-. The van der Waals surface area contributed by atoms with Crippen molar-refractivity contribution in [3.8, 4) is 11.5 Å². The van der Waals surface area contributed by atoms with Crippen LogP contribution in [0.5, 0.6) is 11.5 Å². The Balaban J connectivity index is 1.55. The van der Waals surface area contributed by atoms with Gasteiger partial charge in [0.1, 0.15) is 0 Å². The first-order valence-corrected chi connectivity index (χ1v) is 9.68.